The van der Waals surface area contributed by atoms with Crippen molar-refractivity contribution in [1.82, 2.24) is 5.32 Å². The lowest BCUT2D eigenvalue weighted by molar-refractivity contribution is 0.375. The highest BCUT2D eigenvalue weighted by atomic mass is 127. The normalized spacial score (nSPS) is 28.5. The Morgan fingerprint density at radius 2 is 2.17 bits per heavy atom. The molecular formula is C14H18ClIN2. The number of nitrogens with one attached hydrogen (secondary N) is 1. The van der Waals surface area contributed by atoms with Crippen molar-refractivity contribution in [3.8, 4) is 0 Å². The van der Waals surface area contributed by atoms with Crippen LogP contribution in [-0.4, -0.2) is 25.2 Å². The predicted octanol–water partition coefficient (Wildman–Crippen LogP) is 3.52. The Bertz CT molecular complexity index is 447. The van der Waals surface area contributed by atoms with Crippen LogP contribution in [0.1, 0.15) is 19.8 Å². The summed E-state index contributed by atoms with van der Waals surface area (Å²) >= 11 is 8.44. The zero-order chi connectivity index (χ0) is 12.7. The van der Waals surface area contributed by atoms with Crippen molar-refractivity contribution in [1.29, 1.82) is 0 Å². The molecule has 1 N–H and O–H groups in total. The Morgan fingerprint density at radius 3 is 2.83 bits per heavy atom. The monoisotopic (exact) mass is 376 g/mol. The SMILES string of the molecule is CC1CNC(C2CC2)CN1c1ccc(Cl)cc1I. The molecule has 1 aromatic carbocycles. The van der Waals surface area contributed by atoms with Crippen LogP contribution in [0.5, 0.6) is 0 Å². The maximum atomic E-state index is 6.05. The third-order valence-corrected chi connectivity index (χ3v) is 5.11. The Morgan fingerprint density at radius 1 is 1.39 bits per heavy atom. The lowest BCUT2D eigenvalue weighted by Gasteiger charge is -2.41. The van der Waals surface area contributed by atoms with Gasteiger partial charge in [-0.2, -0.15) is 0 Å². The van der Waals surface area contributed by atoms with Crippen LogP contribution in [0.2, 0.25) is 5.02 Å². The number of nitrogens with zero attached hydrogens (tertiary/aromatic N) is 1. The second-order valence-corrected chi connectivity index (χ2v) is 7.05. The molecule has 0 aromatic heterocycles. The molecule has 1 saturated carbocycles. The van der Waals surface area contributed by atoms with Crippen LogP contribution in [0.3, 0.4) is 0 Å². The molecular weight excluding hydrogens is 359 g/mol. The smallest absolute Gasteiger partial charge is 0.0506 e. The summed E-state index contributed by atoms with van der Waals surface area (Å²) in [5.74, 6) is 0.907. The number of piperazine rings is 1. The summed E-state index contributed by atoms with van der Waals surface area (Å²) in [6.45, 7) is 4.50. The third kappa shape index (κ3) is 2.63. The largest absolute Gasteiger partial charge is 0.365 e. The fourth-order valence-corrected chi connectivity index (χ4v) is 3.93. The molecule has 0 spiro atoms. The van der Waals surface area contributed by atoms with Gasteiger partial charge in [0.1, 0.15) is 0 Å². The highest BCUT2D eigenvalue weighted by Crippen LogP contribution is 2.36. The van der Waals surface area contributed by atoms with E-state index in [1.807, 2.05) is 6.07 Å². The van der Waals surface area contributed by atoms with Crippen molar-refractivity contribution in [2.75, 3.05) is 18.0 Å². The van der Waals surface area contributed by atoms with Crippen LogP contribution in [0.15, 0.2) is 18.2 Å². The molecule has 1 saturated heterocycles. The van der Waals surface area contributed by atoms with Gasteiger partial charge in [-0.3, -0.25) is 0 Å². The van der Waals surface area contributed by atoms with E-state index in [0.29, 0.717) is 12.1 Å². The average Bonchev–Trinajstić information content (AvgIpc) is 3.14. The molecule has 1 aliphatic carbocycles. The van der Waals surface area contributed by atoms with Crippen LogP contribution < -0.4 is 10.2 Å². The minimum atomic E-state index is 0.551. The average molecular weight is 377 g/mol. The number of hydrogen-bond acceptors (Lipinski definition) is 2. The first-order valence-corrected chi connectivity index (χ1v) is 8.06. The van der Waals surface area contributed by atoms with Crippen molar-refractivity contribution in [2.24, 2.45) is 5.92 Å². The lowest BCUT2D eigenvalue weighted by atomic mass is 10.1. The van der Waals surface area contributed by atoms with Gasteiger partial charge in [0.05, 0.1) is 5.69 Å². The molecule has 3 rings (SSSR count). The molecule has 98 valence electrons. The first kappa shape index (κ1) is 13.0. The minimum Gasteiger partial charge on any atom is -0.365 e. The van der Waals surface area contributed by atoms with Gasteiger partial charge >= 0.3 is 0 Å². The van der Waals surface area contributed by atoms with Gasteiger partial charge in [0, 0.05) is 33.8 Å². The van der Waals surface area contributed by atoms with Crippen molar-refractivity contribution in [2.45, 2.75) is 31.8 Å². The quantitative estimate of drug-likeness (QED) is 0.795. The van der Waals surface area contributed by atoms with Gasteiger partial charge in [-0.15, -0.1) is 0 Å². The predicted molar refractivity (Wildman–Crippen MR) is 85.5 cm³/mol. The summed E-state index contributed by atoms with van der Waals surface area (Å²) in [7, 11) is 0. The summed E-state index contributed by atoms with van der Waals surface area (Å²) in [5, 5.41) is 4.51. The van der Waals surface area contributed by atoms with E-state index >= 15 is 0 Å². The molecule has 2 atom stereocenters. The Kier molecular flexibility index (Phi) is 3.74. The standard InChI is InChI=1S/C14H18ClIN2/c1-9-7-17-13(10-2-3-10)8-18(9)14-5-4-11(15)6-12(14)16/h4-6,9-10,13,17H,2-3,7-8H2,1H3. The van der Waals surface area contributed by atoms with Crippen molar-refractivity contribution in [3.05, 3.63) is 26.8 Å². The van der Waals surface area contributed by atoms with Crippen LogP contribution in [0.25, 0.3) is 0 Å². The summed E-state index contributed by atoms with van der Waals surface area (Å²) in [4.78, 5) is 2.54. The maximum absolute atomic E-state index is 6.05. The molecule has 2 aliphatic rings. The van der Waals surface area contributed by atoms with E-state index in [-0.39, 0.29) is 0 Å². The molecule has 1 heterocycles. The molecule has 2 nitrogen and oxygen atoms in total. The van der Waals surface area contributed by atoms with E-state index in [2.05, 4.69) is 51.9 Å². The van der Waals surface area contributed by atoms with Gasteiger partial charge in [0.15, 0.2) is 0 Å². The second kappa shape index (κ2) is 5.17. The van der Waals surface area contributed by atoms with E-state index in [4.69, 9.17) is 11.6 Å². The van der Waals surface area contributed by atoms with Gasteiger partial charge in [-0.05, 0) is 66.5 Å². The van der Waals surface area contributed by atoms with E-state index in [9.17, 15) is 0 Å². The molecule has 4 heteroatoms. The van der Waals surface area contributed by atoms with Crippen LogP contribution in [0, 0.1) is 9.49 Å². The molecule has 0 radical (unpaired) electrons. The molecule has 1 aliphatic heterocycles. The highest BCUT2D eigenvalue weighted by Gasteiger charge is 2.36. The highest BCUT2D eigenvalue weighted by molar-refractivity contribution is 14.1. The molecule has 18 heavy (non-hydrogen) atoms. The van der Waals surface area contributed by atoms with E-state index in [1.165, 1.54) is 22.1 Å². The third-order valence-electron chi connectivity index (χ3n) is 4.01. The van der Waals surface area contributed by atoms with Crippen LogP contribution in [-0.2, 0) is 0 Å². The van der Waals surface area contributed by atoms with E-state index < -0.39 is 0 Å². The Labute approximate surface area is 127 Å². The summed E-state index contributed by atoms with van der Waals surface area (Å²) in [6, 6.07) is 7.44. The van der Waals surface area contributed by atoms with Gasteiger partial charge in [0.25, 0.3) is 0 Å². The summed E-state index contributed by atoms with van der Waals surface area (Å²) in [5.41, 5.74) is 1.33. The topological polar surface area (TPSA) is 15.3 Å². The van der Waals surface area contributed by atoms with Gasteiger partial charge in [-0.25, -0.2) is 0 Å². The first-order valence-electron chi connectivity index (χ1n) is 6.60. The van der Waals surface area contributed by atoms with Crippen LogP contribution >= 0.6 is 34.2 Å². The van der Waals surface area contributed by atoms with Crippen LogP contribution in [0.4, 0.5) is 5.69 Å². The van der Waals surface area contributed by atoms with Crippen molar-refractivity contribution < 1.29 is 0 Å². The summed E-state index contributed by atoms with van der Waals surface area (Å²) < 4.78 is 1.25. The van der Waals surface area contributed by atoms with Crippen molar-refractivity contribution >= 4 is 39.9 Å². The van der Waals surface area contributed by atoms with E-state index in [0.717, 1.165) is 24.0 Å². The van der Waals surface area contributed by atoms with Crippen molar-refractivity contribution in [3.63, 3.8) is 0 Å². The molecule has 2 fully saturated rings. The number of hydrogen-bond donors (Lipinski definition) is 1. The minimum absolute atomic E-state index is 0.551. The summed E-state index contributed by atoms with van der Waals surface area (Å²) in [6.07, 6.45) is 2.80. The number of benzene rings is 1. The van der Waals surface area contributed by atoms with Gasteiger partial charge in [0.2, 0.25) is 0 Å². The number of halogens is 2. The van der Waals surface area contributed by atoms with Gasteiger partial charge in [-0.1, -0.05) is 11.6 Å². The second-order valence-electron chi connectivity index (χ2n) is 5.45. The zero-order valence-electron chi connectivity index (χ0n) is 10.5. The fourth-order valence-electron chi connectivity index (χ4n) is 2.75. The molecule has 0 bridgehead atoms. The molecule has 0 amide bonds. The fraction of sp³-hybridized carbons (Fsp3) is 0.571. The number of rotatable bonds is 2. The Hall–Kier alpha value is -0.000000000000000111. The van der Waals surface area contributed by atoms with E-state index in [1.54, 1.807) is 0 Å². The maximum Gasteiger partial charge on any atom is 0.0506 e. The Balaban J connectivity index is 1.83. The molecule has 2 unspecified atom stereocenters. The number of anilines is 1. The first-order chi connectivity index (χ1) is 8.65. The zero-order valence-corrected chi connectivity index (χ0v) is 13.4. The lowest BCUT2D eigenvalue weighted by Crippen LogP contribution is -2.56. The van der Waals surface area contributed by atoms with Gasteiger partial charge < -0.3 is 10.2 Å². The molecule has 1 aromatic rings.